The fraction of sp³-hybridized carbons (Fsp3) is 0.667. The highest BCUT2D eigenvalue weighted by Gasteiger charge is 2.45. The second-order valence-electron chi connectivity index (χ2n) is 4.48. The Hall–Kier alpha value is -0.380. The molecule has 3 heteroatoms. The minimum Gasteiger partial charge on any atom is -0.375 e. The Labute approximate surface area is 94.6 Å². The van der Waals surface area contributed by atoms with E-state index in [1.807, 2.05) is 11.3 Å². The van der Waals surface area contributed by atoms with Crippen molar-refractivity contribution in [3.8, 4) is 0 Å². The van der Waals surface area contributed by atoms with E-state index in [0.717, 1.165) is 13.2 Å². The van der Waals surface area contributed by atoms with E-state index in [0.29, 0.717) is 6.10 Å². The molecule has 1 aliphatic carbocycles. The lowest BCUT2D eigenvalue weighted by molar-refractivity contribution is -0.0742. The lowest BCUT2D eigenvalue weighted by atomic mass is 9.77. The van der Waals surface area contributed by atoms with Gasteiger partial charge >= 0.3 is 0 Å². The molecule has 2 nitrogen and oxygen atoms in total. The van der Waals surface area contributed by atoms with Gasteiger partial charge in [0.15, 0.2) is 0 Å². The maximum absolute atomic E-state index is 5.95. The van der Waals surface area contributed by atoms with E-state index in [9.17, 15) is 0 Å². The second kappa shape index (κ2) is 3.89. The van der Waals surface area contributed by atoms with Gasteiger partial charge in [0.25, 0.3) is 0 Å². The van der Waals surface area contributed by atoms with E-state index in [1.165, 1.54) is 30.6 Å². The molecule has 0 spiro atoms. The van der Waals surface area contributed by atoms with Crippen LogP contribution in [0.5, 0.6) is 0 Å². The lowest BCUT2D eigenvalue weighted by Crippen LogP contribution is -2.58. The summed E-state index contributed by atoms with van der Waals surface area (Å²) < 4.78 is 5.95. The van der Waals surface area contributed by atoms with Gasteiger partial charge in [-0.25, -0.2) is 0 Å². The molecule has 2 heterocycles. The summed E-state index contributed by atoms with van der Waals surface area (Å²) in [6, 6.07) is 4.40. The topological polar surface area (TPSA) is 21.3 Å². The number of rotatable bonds is 1. The second-order valence-corrected chi connectivity index (χ2v) is 5.43. The number of fused-ring (bicyclic) bond motifs is 1. The summed E-state index contributed by atoms with van der Waals surface area (Å²) in [6.45, 7) is 1.87. The quantitative estimate of drug-likeness (QED) is 0.790. The summed E-state index contributed by atoms with van der Waals surface area (Å²) in [7, 11) is 0. The van der Waals surface area contributed by atoms with Gasteiger partial charge in [0.05, 0.1) is 18.2 Å². The van der Waals surface area contributed by atoms with E-state index in [1.54, 1.807) is 0 Å². The van der Waals surface area contributed by atoms with Crippen LogP contribution in [-0.4, -0.2) is 19.3 Å². The first-order valence-corrected chi connectivity index (χ1v) is 6.70. The zero-order valence-corrected chi connectivity index (χ0v) is 9.69. The maximum Gasteiger partial charge on any atom is 0.0807 e. The number of hydrogen-bond acceptors (Lipinski definition) is 3. The predicted octanol–water partition coefficient (Wildman–Crippen LogP) is 2.51. The Bertz CT molecular complexity index is 310. The third-order valence-electron chi connectivity index (χ3n) is 3.66. The SMILES string of the molecule is c1csc([C@]23CCCC[C@H]2OCCN3)c1. The minimum absolute atomic E-state index is 0.144. The Kier molecular flexibility index (Phi) is 2.54. The van der Waals surface area contributed by atoms with Crippen LogP contribution in [0.15, 0.2) is 17.5 Å². The van der Waals surface area contributed by atoms with Gasteiger partial charge in [-0.1, -0.05) is 18.9 Å². The number of morpholine rings is 1. The summed E-state index contributed by atoms with van der Waals surface area (Å²) in [5.74, 6) is 0. The van der Waals surface area contributed by atoms with Gasteiger partial charge in [0.2, 0.25) is 0 Å². The molecule has 3 rings (SSSR count). The molecule has 1 aromatic heterocycles. The van der Waals surface area contributed by atoms with E-state index >= 15 is 0 Å². The van der Waals surface area contributed by atoms with Gasteiger partial charge in [0, 0.05) is 11.4 Å². The summed E-state index contributed by atoms with van der Waals surface area (Å²) in [5, 5.41) is 5.90. The smallest absolute Gasteiger partial charge is 0.0807 e. The van der Waals surface area contributed by atoms with Crippen molar-refractivity contribution in [3.63, 3.8) is 0 Å². The summed E-state index contributed by atoms with van der Waals surface area (Å²) >= 11 is 1.86. The normalized spacial score (nSPS) is 36.1. The van der Waals surface area contributed by atoms with E-state index in [2.05, 4.69) is 22.8 Å². The summed E-state index contributed by atoms with van der Waals surface area (Å²) in [6.07, 6.45) is 5.49. The predicted molar refractivity (Wildman–Crippen MR) is 62.2 cm³/mol. The highest BCUT2D eigenvalue weighted by Crippen LogP contribution is 2.42. The van der Waals surface area contributed by atoms with Crippen molar-refractivity contribution in [2.45, 2.75) is 37.3 Å². The first kappa shape index (κ1) is 9.82. The van der Waals surface area contributed by atoms with Crippen LogP contribution in [0.25, 0.3) is 0 Å². The van der Waals surface area contributed by atoms with Crippen molar-refractivity contribution in [2.75, 3.05) is 13.2 Å². The number of nitrogens with one attached hydrogen (secondary N) is 1. The van der Waals surface area contributed by atoms with Gasteiger partial charge in [-0.05, 0) is 24.3 Å². The molecular formula is C12H17NOS. The van der Waals surface area contributed by atoms with Crippen LogP contribution in [-0.2, 0) is 10.3 Å². The molecule has 2 atom stereocenters. The number of ether oxygens (including phenoxy) is 1. The highest BCUT2D eigenvalue weighted by molar-refractivity contribution is 7.10. The Morgan fingerprint density at radius 1 is 1.47 bits per heavy atom. The lowest BCUT2D eigenvalue weighted by Gasteiger charge is -2.47. The first-order chi connectivity index (χ1) is 7.42. The van der Waals surface area contributed by atoms with Gasteiger partial charge in [-0.3, -0.25) is 0 Å². The van der Waals surface area contributed by atoms with Crippen molar-refractivity contribution in [1.82, 2.24) is 5.32 Å². The molecular weight excluding hydrogens is 206 g/mol. The van der Waals surface area contributed by atoms with E-state index in [-0.39, 0.29) is 5.54 Å². The molecule has 2 aliphatic rings. The fourth-order valence-corrected chi connectivity index (χ4v) is 3.92. The van der Waals surface area contributed by atoms with Crippen molar-refractivity contribution in [1.29, 1.82) is 0 Å². The van der Waals surface area contributed by atoms with Crippen molar-refractivity contribution < 1.29 is 4.74 Å². The van der Waals surface area contributed by atoms with Crippen LogP contribution < -0.4 is 5.32 Å². The molecule has 0 bridgehead atoms. The average molecular weight is 223 g/mol. The Balaban J connectivity index is 1.97. The standard InChI is InChI=1S/C12H17NOS/c1-2-6-12(11-5-3-9-15-11)10(4-1)14-8-7-13-12/h3,5,9-10,13H,1-2,4,6-8H2/t10-,12+/m1/s1. The average Bonchev–Trinajstić information content (AvgIpc) is 2.83. The largest absolute Gasteiger partial charge is 0.375 e. The zero-order chi connectivity index (χ0) is 10.1. The van der Waals surface area contributed by atoms with Crippen LogP contribution in [0.4, 0.5) is 0 Å². The molecule has 1 aliphatic heterocycles. The highest BCUT2D eigenvalue weighted by atomic mass is 32.1. The number of hydrogen-bond donors (Lipinski definition) is 1. The Morgan fingerprint density at radius 2 is 2.47 bits per heavy atom. The summed E-state index contributed by atoms with van der Waals surface area (Å²) in [5.41, 5.74) is 0.144. The van der Waals surface area contributed by atoms with Gasteiger partial charge in [0.1, 0.15) is 0 Å². The third-order valence-corrected chi connectivity index (χ3v) is 4.71. The van der Waals surface area contributed by atoms with Crippen LogP contribution in [0, 0.1) is 0 Å². The molecule has 15 heavy (non-hydrogen) atoms. The first-order valence-electron chi connectivity index (χ1n) is 5.82. The van der Waals surface area contributed by atoms with Gasteiger partial charge in [-0.15, -0.1) is 11.3 Å². The molecule has 2 fully saturated rings. The summed E-state index contributed by atoms with van der Waals surface area (Å²) in [4.78, 5) is 1.46. The van der Waals surface area contributed by atoms with Crippen LogP contribution >= 0.6 is 11.3 Å². The fourth-order valence-electron chi connectivity index (χ4n) is 2.95. The molecule has 0 amide bonds. The molecule has 0 aromatic carbocycles. The van der Waals surface area contributed by atoms with E-state index in [4.69, 9.17) is 4.74 Å². The van der Waals surface area contributed by atoms with Crippen LogP contribution in [0.2, 0.25) is 0 Å². The van der Waals surface area contributed by atoms with E-state index < -0.39 is 0 Å². The molecule has 1 aromatic rings. The van der Waals surface area contributed by atoms with Crippen LogP contribution in [0.3, 0.4) is 0 Å². The monoisotopic (exact) mass is 223 g/mol. The maximum atomic E-state index is 5.95. The third kappa shape index (κ3) is 1.53. The molecule has 82 valence electrons. The molecule has 1 saturated heterocycles. The van der Waals surface area contributed by atoms with Crippen molar-refractivity contribution in [2.24, 2.45) is 0 Å². The van der Waals surface area contributed by atoms with Crippen LogP contribution in [0.1, 0.15) is 30.6 Å². The van der Waals surface area contributed by atoms with Crippen molar-refractivity contribution >= 4 is 11.3 Å². The molecule has 1 N–H and O–H groups in total. The van der Waals surface area contributed by atoms with Crippen molar-refractivity contribution in [3.05, 3.63) is 22.4 Å². The minimum atomic E-state index is 0.144. The number of thiophene rings is 1. The molecule has 1 saturated carbocycles. The Morgan fingerprint density at radius 3 is 3.33 bits per heavy atom. The molecule has 0 radical (unpaired) electrons. The zero-order valence-electron chi connectivity index (χ0n) is 8.87. The van der Waals surface area contributed by atoms with Gasteiger partial charge < -0.3 is 10.1 Å². The van der Waals surface area contributed by atoms with Gasteiger partial charge in [-0.2, -0.15) is 0 Å². The molecule has 0 unspecified atom stereocenters.